The predicted molar refractivity (Wildman–Crippen MR) is 109 cm³/mol. The van der Waals surface area contributed by atoms with E-state index < -0.39 is 5.97 Å². The first-order valence-electron chi connectivity index (χ1n) is 9.01. The smallest absolute Gasteiger partial charge is 0.343 e. The molecule has 4 aromatic rings. The second-order valence-corrected chi connectivity index (χ2v) is 6.96. The maximum atomic E-state index is 12.7. The molecule has 3 aromatic heterocycles. The summed E-state index contributed by atoms with van der Waals surface area (Å²) in [6.07, 6.45) is 3.63. The average molecular weight is 405 g/mol. The number of ether oxygens (including phenoxy) is 1. The summed E-state index contributed by atoms with van der Waals surface area (Å²) in [6.45, 7) is 2.15. The van der Waals surface area contributed by atoms with E-state index in [9.17, 15) is 10.1 Å². The van der Waals surface area contributed by atoms with Crippen LogP contribution in [0.2, 0.25) is 5.15 Å². The van der Waals surface area contributed by atoms with Crippen LogP contribution in [0.15, 0.2) is 60.9 Å². The zero-order valence-corrected chi connectivity index (χ0v) is 16.4. The maximum absolute atomic E-state index is 12.7. The zero-order valence-electron chi connectivity index (χ0n) is 15.7. The van der Waals surface area contributed by atoms with E-state index in [2.05, 4.69) is 11.2 Å². The van der Waals surface area contributed by atoms with Crippen molar-refractivity contribution in [1.29, 1.82) is 5.26 Å². The third-order valence-electron chi connectivity index (χ3n) is 4.68. The molecule has 0 saturated heterocycles. The minimum absolute atomic E-state index is 0.0248. The van der Waals surface area contributed by atoms with Crippen molar-refractivity contribution in [1.82, 2.24) is 14.2 Å². The molecule has 0 saturated carbocycles. The minimum Gasteiger partial charge on any atom is -0.457 e. The molecule has 1 aromatic carbocycles. The van der Waals surface area contributed by atoms with E-state index in [4.69, 9.17) is 16.3 Å². The van der Waals surface area contributed by atoms with Gasteiger partial charge in [-0.1, -0.05) is 48.0 Å². The highest BCUT2D eigenvalue weighted by atomic mass is 35.5. The van der Waals surface area contributed by atoms with Crippen LogP contribution in [-0.2, 0) is 17.9 Å². The van der Waals surface area contributed by atoms with Gasteiger partial charge in [0.05, 0.1) is 23.3 Å². The Kier molecular flexibility index (Phi) is 5.07. The lowest BCUT2D eigenvalue weighted by Crippen LogP contribution is -2.07. The Balaban J connectivity index is 1.54. The zero-order chi connectivity index (χ0) is 20.4. The summed E-state index contributed by atoms with van der Waals surface area (Å²) in [4.78, 5) is 12.7. The van der Waals surface area contributed by atoms with Crippen LogP contribution >= 0.6 is 11.6 Å². The van der Waals surface area contributed by atoms with Crippen molar-refractivity contribution in [3.63, 3.8) is 0 Å². The summed E-state index contributed by atoms with van der Waals surface area (Å²) < 4.78 is 8.88. The normalized spacial score (nSPS) is 10.8. The first kappa shape index (κ1) is 18.8. The molecule has 0 aliphatic heterocycles. The van der Waals surface area contributed by atoms with Crippen molar-refractivity contribution < 1.29 is 9.53 Å². The van der Waals surface area contributed by atoms with Gasteiger partial charge in [0, 0.05) is 18.0 Å². The first-order chi connectivity index (χ1) is 14.1. The fourth-order valence-electron chi connectivity index (χ4n) is 3.28. The van der Waals surface area contributed by atoms with Gasteiger partial charge in [0.15, 0.2) is 0 Å². The van der Waals surface area contributed by atoms with Gasteiger partial charge in [-0.15, -0.1) is 0 Å². The van der Waals surface area contributed by atoms with Crippen LogP contribution in [-0.4, -0.2) is 20.2 Å². The molecule has 29 heavy (non-hydrogen) atoms. The van der Waals surface area contributed by atoms with Crippen LogP contribution in [0, 0.1) is 18.3 Å². The molecule has 6 nitrogen and oxygen atoms in total. The standard InChI is InChI=1S/C22H17ClN4O2/c1-15-20(21(23)27(25-15)12-16-7-3-2-4-8-16)22(28)29-14-17-13-26-10-6-5-9-19(26)18(17)11-24/h2-10,13H,12,14H2,1H3. The second kappa shape index (κ2) is 7.82. The molecule has 0 aliphatic rings. The molecule has 0 atom stereocenters. The number of aromatic nitrogens is 3. The Hall–Kier alpha value is -3.56. The Morgan fingerprint density at radius 3 is 2.72 bits per heavy atom. The van der Waals surface area contributed by atoms with Crippen molar-refractivity contribution in [2.45, 2.75) is 20.1 Å². The number of nitrogens with zero attached hydrogens (tertiary/aromatic N) is 4. The number of carbonyl (C=O) groups excluding carboxylic acids is 1. The summed E-state index contributed by atoms with van der Waals surface area (Å²) in [5.74, 6) is -0.564. The molecule has 0 bridgehead atoms. The van der Waals surface area contributed by atoms with Gasteiger partial charge in [0.2, 0.25) is 0 Å². The number of nitriles is 1. The Labute approximate surface area is 172 Å². The molecule has 7 heteroatoms. The molecule has 4 rings (SSSR count). The van der Waals surface area contributed by atoms with E-state index in [0.717, 1.165) is 11.1 Å². The molecule has 144 valence electrons. The van der Waals surface area contributed by atoms with Gasteiger partial charge in [-0.25, -0.2) is 9.48 Å². The summed E-state index contributed by atoms with van der Waals surface area (Å²) >= 11 is 6.42. The highest BCUT2D eigenvalue weighted by molar-refractivity contribution is 6.32. The van der Waals surface area contributed by atoms with Crippen molar-refractivity contribution in [2.75, 3.05) is 0 Å². The first-order valence-corrected chi connectivity index (χ1v) is 9.39. The lowest BCUT2D eigenvalue weighted by atomic mass is 10.2. The van der Waals surface area contributed by atoms with E-state index in [1.54, 1.807) is 17.8 Å². The molecule has 0 spiro atoms. The van der Waals surface area contributed by atoms with E-state index in [1.807, 2.05) is 59.1 Å². The molecule has 0 fully saturated rings. The molecule has 0 unspecified atom stereocenters. The average Bonchev–Trinajstić information content (AvgIpc) is 3.23. The van der Waals surface area contributed by atoms with Gasteiger partial charge < -0.3 is 9.14 Å². The quantitative estimate of drug-likeness (QED) is 0.463. The van der Waals surface area contributed by atoms with E-state index in [0.29, 0.717) is 23.4 Å². The SMILES string of the molecule is Cc1nn(Cc2ccccc2)c(Cl)c1C(=O)OCc1cn2ccccc2c1C#N. The van der Waals surface area contributed by atoms with Crippen LogP contribution < -0.4 is 0 Å². The van der Waals surface area contributed by atoms with Crippen LogP contribution in [0.1, 0.15) is 32.7 Å². The Bertz CT molecular complexity index is 1240. The van der Waals surface area contributed by atoms with Gasteiger partial charge in [-0.05, 0) is 24.6 Å². The largest absolute Gasteiger partial charge is 0.457 e. The predicted octanol–water partition coefficient (Wildman–Crippen LogP) is 4.37. The Morgan fingerprint density at radius 1 is 1.21 bits per heavy atom. The molecule has 0 amide bonds. The summed E-state index contributed by atoms with van der Waals surface area (Å²) in [6, 6.07) is 17.5. The van der Waals surface area contributed by atoms with Crippen molar-refractivity contribution >= 4 is 23.1 Å². The third-order valence-corrected chi connectivity index (χ3v) is 5.06. The molecule has 0 radical (unpaired) electrons. The molecule has 0 aliphatic carbocycles. The topological polar surface area (TPSA) is 72.3 Å². The number of esters is 1. The minimum atomic E-state index is -0.564. The number of benzene rings is 1. The number of carbonyl (C=O) groups is 1. The number of fused-ring (bicyclic) bond motifs is 1. The van der Waals surface area contributed by atoms with Crippen molar-refractivity contribution in [3.05, 3.63) is 94.0 Å². The fraction of sp³-hybridized carbons (Fsp3) is 0.136. The van der Waals surface area contributed by atoms with E-state index in [1.165, 1.54) is 0 Å². The molecule has 3 heterocycles. The van der Waals surface area contributed by atoms with E-state index >= 15 is 0 Å². The fourth-order valence-corrected chi connectivity index (χ4v) is 3.59. The summed E-state index contributed by atoms with van der Waals surface area (Å²) in [7, 11) is 0. The highest BCUT2D eigenvalue weighted by Gasteiger charge is 2.22. The van der Waals surface area contributed by atoms with Gasteiger partial charge in [-0.2, -0.15) is 10.4 Å². The number of rotatable bonds is 5. The van der Waals surface area contributed by atoms with Crippen LogP contribution in [0.25, 0.3) is 5.52 Å². The molecule has 0 N–H and O–H groups in total. The second-order valence-electron chi connectivity index (χ2n) is 6.60. The lowest BCUT2D eigenvalue weighted by molar-refractivity contribution is 0.0472. The third kappa shape index (κ3) is 3.60. The number of pyridine rings is 1. The van der Waals surface area contributed by atoms with Gasteiger partial charge >= 0.3 is 5.97 Å². The maximum Gasteiger partial charge on any atom is 0.343 e. The monoisotopic (exact) mass is 404 g/mol. The van der Waals surface area contributed by atoms with Gasteiger partial charge in [-0.3, -0.25) is 0 Å². The lowest BCUT2D eigenvalue weighted by Gasteiger charge is -2.05. The van der Waals surface area contributed by atoms with Crippen LogP contribution in [0.3, 0.4) is 0 Å². The summed E-state index contributed by atoms with van der Waals surface area (Å²) in [5, 5.41) is 14.1. The highest BCUT2D eigenvalue weighted by Crippen LogP contribution is 2.24. The number of hydrogen-bond acceptors (Lipinski definition) is 4. The Morgan fingerprint density at radius 2 is 1.97 bits per heavy atom. The van der Waals surface area contributed by atoms with E-state index in [-0.39, 0.29) is 17.3 Å². The van der Waals surface area contributed by atoms with Crippen LogP contribution in [0.5, 0.6) is 0 Å². The molecular formula is C22H17ClN4O2. The summed E-state index contributed by atoms with van der Waals surface area (Å²) in [5.41, 5.74) is 3.66. The number of aryl methyl sites for hydroxylation is 1. The van der Waals surface area contributed by atoms with Gasteiger partial charge in [0.25, 0.3) is 0 Å². The number of hydrogen-bond donors (Lipinski definition) is 0. The van der Waals surface area contributed by atoms with Gasteiger partial charge in [0.1, 0.15) is 23.4 Å². The number of halogens is 1. The van der Waals surface area contributed by atoms with Crippen molar-refractivity contribution in [2.24, 2.45) is 0 Å². The van der Waals surface area contributed by atoms with Crippen LogP contribution in [0.4, 0.5) is 0 Å². The molecular weight excluding hydrogens is 388 g/mol. The van der Waals surface area contributed by atoms with Crippen molar-refractivity contribution in [3.8, 4) is 6.07 Å².